The van der Waals surface area contributed by atoms with E-state index in [1.165, 1.54) is 12.1 Å². The highest BCUT2D eigenvalue weighted by Crippen LogP contribution is 2.43. The van der Waals surface area contributed by atoms with Crippen molar-refractivity contribution < 1.29 is 18.7 Å². The molecule has 0 spiro atoms. The van der Waals surface area contributed by atoms with Crippen molar-refractivity contribution in [1.29, 1.82) is 0 Å². The molecule has 1 saturated carbocycles. The fourth-order valence-corrected chi connectivity index (χ4v) is 4.22. The number of aliphatic hydroxyl groups is 1. The second-order valence-electron chi connectivity index (χ2n) is 8.25. The maximum atomic E-state index is 13.9. The molecular formula is C23H23F2NO2. The Hall–Kier alpha value is -2.53. The summed E-state index contributed by atoms with van der Waals surface area (Å²) in [6.07, 6.45) is 5.28. The third-order valence-electron chi connectivity index (χ3n) is 5.53. The molecule has 2 aromatic carbocycles. The number of rotatable bonds is 5. The van der Waals surface area contributed by atoms with Gasteiger partial charge in [-0.25, -0.2) is 8.78 Å². The van der Waals surface area contributed by atoms with Gasteiger partial charge < -0.3 is 10.0 Å². The van der Waals surface area contributed by atoms with Gasteiger partial charge in [0, 0.05) is 18.2 Å². The lowest BCUT2D eigenvalue weighted by atomic mass is 9.93. The van der Waals surface area contributed by atoms with Crippen molar-refractivity contribution in [1.82, 2.24) is 4.90 Å². The first-order valence-corrected chi connectivity index (χ1v) is 9.54. The largest absolute Gasteiger partial charge is 0.388 e. The van der Waals surface area contributed by atoms with Crippen molar-refractivity contribution in [2.45, 2.75) is 44.9 Å². The summed E-state index contributed by atoms with van der Waals surface area (Å²) in [5, 5.41) is 10.6. The number of halogens is 2. The Morgan fingerprint density at radius 2 is 1.86 bits per heavy atom. The lowest BCUT2D eigenvalue weighted by Crippen LogP contribution is -2.51. The number of hydrogen-bond acceptors (Lipinski definition) is 2. The Morgan fingerprint density at radius 1 is 1.14 bits per heavy atom. The molecular weight excluding hydrogens is 360 g/mol. The minimum atomic E-state index is -0.980. The number of carbonyl (C=O) groups excluding carboxylic acids is 1. The Morgan fingerprint density at radius 3 is 2.50 bits per heavy atom. The number of fused-ring (bicyclic) bond motifs is 1. The van der Waals surface area contributed by atoms with Crippen LogP contribution in [0.15, 0.2) is 36.4 Å². The third-order valence-corrected chi connectivity index (χ3v) is 5.53. The predicted octanol–water partition coefficient (Wildman–Crippen LogP) is 4.64. The van der Waals surface area contributed by atoms with Crippen LogP contribution < -0.4 is 0 Å². The minimum Gasteiger partial charge on any atom is -0.388 e. The van der Waals surface area contributed by atoms with E-state index in [1.54, 1.807) is 30.9 Å². The Kier molecular flexibility index (Phi) is 4.58. The van der Waals surface area contributed by atoms with Crippen molar-refractivity contribution in [2.75, 3.05) is 0 Å². The van der Waals surface area contributed by atoms with Gasteiger partial charge in [-0.15, -0.1) is 0 Å². The van der Waals surface area contributed by atoms with E-state index in [1.807, 2.05) is 18.2 Å². The Balaban J connectivity index is 1.66. The fraction of sp³-hybridized carbons (Fsp3) is 0.348. The van der Waals surface area contributed by atoms with E-state index in [0.717, 1.165) is 24.5 Å². The van der Waals surface area contributed by atoms with Crippen molar-refractivity contribution >= 4 is 18.1 Å². The molecule has 4 rings (SSSR count). The molecule has 1 N–H and O–H groups in total. The van der Waals surface area contributed by atoms with Crippen LogP contribution in [0.2, 0.25) is 0 Å². The van der Waals surface area contributed by atoms with Gasteiger partial charge in [-0.3, -0.25) is 4.79 Å². The van der Waals surface area contributed by atoms with Gasteiger partial charge in [0.25, 0.3) is 5.91 Å². The molecule has 1 heterocycles. The topological polar surface area (TPSA) is 40.5 Å². The van der Waals surface area contributed by atoms with Crippen LogP contribution in [-0.4, -0.2) is 27.6 Å². The number of benzene rings is 2. The second kappa shape index (κ2) is 6.82. The summed E-state index contributed by atoms with van der Waals surface area (Å²) in [4.78, 5) is 15.0. The van der Waals surface area contributed by atoms with Gasteiger partial charge in [0.05, 0.1) is 17.2 Å². The molecule has 2 aliphatic rings. The van der Waals surface area contributed by atoms with E-state index < -0.39 is 17.2 Å². The average Bonchev–Trinajstić information content (AvgIpc) is 3.38. The highest BCUT2D eigenvalue weighted by molar-refractivity contribution is 6.02. The number of carbonyl (C=O) groups is 1. The van der Waals surface area contributed by atoms with E-state index in [4.69, 9.17) is 0 Å². The molecule has 1 atom stereocenters. The summed E-state index contributed by atoms with van der Waals surface area (Å²) in [5.41, 5.74) is 1.47. The lowest BCUT2D eigenvalue weighted by Gasteiger charge is -2.37. The molecule has 1 aliphatic carbocycles. The molecule has 5 heteroatoms. The normalized spacial score (nSPS) is 18.0. The molecule has 146 valence electrons. The zero-order valence-electron chi connectivity index (χ0n) is 16.0. The van der Waals surface area contributed by atoms with Gasteiger partial charge in [-0.05, 0) is 55.9 Å². The monoisotopic (exact) mass is 383 g/mol. The van der Waals surface area contributed by atoms with E-state index >= 15 is 0 Å². The first-order chi connectivity index (χ1) is 13.3. The molecule has 28 heavy (non-hydrogen) atoms. The number of nitrogens with zero attached hydrogens (tertiary/aromatic N) is 1. The standard InChI is InChI=1S/C23H23F2NO2/c1-23(2,28)21(16-8-9-16)26-13-17-5-3-4-15(20(17)22(26)27)7-6-14-10-11-18(24)12-19(14)25/h3-7,10-12,16,21,28H,8-9,13H2,1-2H3/b7-6+. The summed E-state index contributed by atoms with van der Waals surface area (Å²) < 4.78 is 27.0. The van der Waals surface area contributed by atoms with Crippen LogP contribution in [0.3, 0.4) is 0 Å². The average molecular weight is 383 g/mol. The van der Waals surface area contributed by atoms with Crippen molar-refractivity contribution in [3.05, 3.63) is 70.3 Å². The Bertz CT molecular complexity index is 958. The third kappa shape index (κ3) is 3.47. The molecule has 2 aromatic rings. The van der Waals surface area contributed by atoms with Crippen LogP contribution >= 0.6 is 0 Å². The van der Waals surface area contributed by atoms with Gasteiger partial charge in [0.2, 0.25) is 0 Å². The maximum absolute atomic E-state index is 13.9. The minimum absolute atomic E-state index is 0.103. The molecule has 0 aromatic heterocycles. The summed E-state index contributed by atoms with van der Waals surface area (Å²) in [7, 11) is 0. The van der Waals surface area contributed by atoms with Gasteiger partial charge in [0.15, 0.2) is 0 Å². The quantitative estimate of drug-likeness (QED) is 0.764. The van der Waals surface area contributed by atoms with E-state index in [-0.39, 0.29) is 17.5 Å². The zero-order chi connectivity index (χ0) is 20.1. The van der Waals surface area contributed by atoms with Gasteiger partial charge >= 0.3 is 0 Å². The van der Waals surface area contributed by atoms with Gasteiger partial charge in [0.1, 0.15) is 11.6 Å². The Labute approximate surface area is 163 Å². The highest BCUT2D eigenvalue weighted by Gasteiger charge is 2.48. The molecule has 1 fully saturated rings. The van der Waals surface area contributed by atoms with Crippen molar-refractivity contribution in [3.8, 4) is 0 Å². The number of hydrogen-bond donors (Lipinski definition) is 1. The van der Waals surface area contributed by atoms with Crippen LogP contribution in [0.1, 0.15) is 53.7 Å². The summed E-state index contributed by atoms with van der Waals surface area (Å²) in [6.45, 7) is 3.97. The van der Waals surface area contributed by atoms with Crippen LogP contribution in [0.5, 0.6) is 0 Å². The lowest BCUT2D eigenvalue weighted by molar-refractivity contribution is -0.0224. The van der Waals surface area contributed by atoms with Crippen LogP contribution in [0.25, 0.3) is 12.2 Å². The first kappa shape index (κ1) is 18.8. The summed E-state index contributed by atoms with van der Waals surface area (Å²) in [6, 6.07) is 8.78. The molecule has 0 bridgehead atoms. The SMILES string of the molecule is CC(C)(O)C(C1CC1)N1Cc2cccc(/C=C/c3ccc(F)cc3F)c2C1=O. The second-order valence-corrected chi connectivity index (χ2v) is 8.25. The van der Waals surface area contributed by atoms with Gasteiger partial charge in [-0.2, -0.15) is 0 Å². The molecule has 1 amide bonds. The summed E-state index contributed by atoms with van der Waals surface area (Å²) in [5.74, 6) is -1.05. The van der Waals surface area contributed by atoms with E-state index in [0.29, 0.717) is 23.6 Å². The molecule has 1 unspecified atom stereocenters. The molecule has 0 radical (unpaired) electrons. The smallest absolute Gasteiger partial charge is 0.255 e. The zero-order valence-corrected chi connectivity index (χ0v) is 16.0. The molecule has 3 nitrogen and oxygen atoms in total. The first-order valence-electron chi connectivity index (χ1n) is 9.54. The fourth-order valence-electron chi connectivity index (χ4n) is 4.22. The van der Waals surface area contributed by atoms with E-state index in [2.05, 4.69) is 0 Å². The maximum Gasteiger partial charge on any atom is 0.255 e. The van der Waals surface area contributed by atoms with Crippen LogP contribution in [0, 0.1) is 17.6 Å². The summed E-state index contributed by atoms with van der Waals surface area (Å²) >= 11 is 0. The van der Waals surface area contributed by atoms with Crippen molar-refractivity contribution in [2.24, 2.45) is 5.92 Å². The van der Waals surface area contributed by atoms with Crippen LogP contribution in [0.4, 0.5) is 8.78 Å². The van der Waals surface area contributed by atoms with Crippen LogP contribution in [-0.2, 0) is 6.54 Å². The molecule has 1 aliphatic heterocycles. The predicted molar refractivity (Wildman–Crippen MR) is 104 cm³/mol. The number of amides is 1. The highest BCUT2D eigenvalue weighted by atomic mass is 19.1. The van der Waals surface area contributed by atoms with Crippen molar-refractivity contribution in [3.63, 3.8) is 0 Å². The van der Waals surface area contributed by atoms with Gasteiger partial charge in [-0.1, -0.05) is 30.4 Å². The molecule has 0 saturated heterocycles. The van der Waals surface area contributed by atoms with E-state index in [9.17, 15) is 18.7 Å².